The van der Waals surface area contributed by atoms with Gasteiger partial charge in [0.2, 0.25) is 5.91 Å². The third-order valence-electron chi connectivity index (χ3n) is 7.48. The monoisotopic (exact) mass is 466 g/mol. The average Bonchev–Trinajstić information content (AvgIpc) is 3.38. The molecule has 0 bridgehead atoms. The van der Waals surface area contributed by atoms with E-state index in [9.17, 15) is 14.4 Å². The summed E-state index contributed by atoms with van der Waals surface area (Å²) in [5.74, 6) is -0.0814. The summed E-state index contributed by atoms with van der Waals surface area (Å²) < 4.78 is 0. The Morgan fingerprint density at radius 2 is 1.97 bits per heavy atom. The van der Waals surface area contributed by atoms with Crippen LogP contribution in [-0.4, -0.2) is 39.8 Å². The predicted molar refractivity (Wildman–Crippen MR) is 128 cm³/mol. The quantitative estimate of drug-likeness (QED) is 0.634. The molecule has 8 heteroatoms. The smallest absolute Gasteiger partial charge is 0.323 e. The number of hydrogen-bond donors (Lipinski definition) is 2. The number of imide groups is 1. The van der Waals surface area contributed by atoms with Crippen molar-refractivity contribution in [2.24, 2.45) is 5.92 Å². The third kappa shape index (κ3) is 4.28. The van der Waals surface area contributed by atoms with Crippen LogP contribution in [0.25, 0.3) is 11.3 Å². The number of benzene rings is 1. The molecule has 5 rings (SSSR count). The number of anilines is 1. The van der Waals surface area contributed by atoms with Crippen LogP contribution < -0.4 is 10.6 Å². The fourth-order valence-electron chi connectivity index (χ4n) is 5.40. The van der Waals surface area contributed by atoms with Crippen LogP contribution in [0.5, 0.6) is 0 Å². The summed E-state index contributed by atoms with van der Waals surface area (Å²) in [5, 5.41) is 8.04. The van der Waals surface area contributed by atoms with E-state index in [2.05, 4.69) is 40.7 Å². The second-order valence-corrected chi connectivity index (χ2v) is 10.4. The van der Waals surface area contributed by atoms with Crippen molar-refractivity contribution < 1.29 is 14.4 Å². The van der Waals surface area contributed by atoms with E-state index in [4.69, 9.17) is 0 Å². The number of hydrogen-bond acceptors (Lipinski definition) is 5. The second-order valence-electron chi connectivity index (χ2n) is 9.53. The summed E-state index contributed by atoms with van der Waals surface area (Å²) in [4.78, 5) is 43.8. The number of amides is 4. The minimum Gasteiger partial charge on any atom is -0.323 e. The van der Waals surface area contributed by atoms with Gasteiger partial charge < -0.3 is 10.6 Å². The highest BCUT2D eigenvalue weighted by molar-refractivity contribution is 7.14. The van der Waals surface area contributed by atoms with E-state index >= 15 is 0 Å². The molecular formula is C25H30N4O3S. The van der Waals surface area contributed by atoms with Crippen LogP contribution in [0.3, 0.4) is 0 Å². The van der Waals surface area contributed by atoms with Gasteiger partial charge in [-0.2, -0.15) is 0 Å². The largest absolute Gasteiger partial charge is 0.325 e. The van der Waals surface area contributed by atoms with Crippen LogP contribution in [0.4, 0.5) is 9.93 Å². The molecule has 2 aliphatic carbocycles. The molecule has 2 aromatic rings. The van der Waals surface area contributed by atoms with E-state index < -0.39 is 17.5 Å². The Morgan fingerprint density at radius 1 is 1.21 bits per heavy atom. The molecule has 0 unspecified atom stereocenters. The summed E-state index contributed by atoms with van der Waals surface area (Å²) in [6, 6.07) is 6.00. The first kappa shape index (κ1) is 22.1. The van der Waals surface area contributed by atoms with Gasteiger partial charge in [-0.15, -0.1) is 11.3 Å². The molecule has 2 heterocycles. The van der Waals surface area contributed by atoms with Crippen LogP contribution in [-0.2, 0) is 22.4 Å². The number of nitrogens with one attached hydrogen (secondary N) is 2. The fourth-order valence-corrected chi connectivity index (χ4v) is 6.13. The highest BCUT2D eigenvalue weighted by Gasteiger charge is 2.52. The lowest BCUT2D eigenvalue weighted by Crippen LogP contribution is -2.49. The van der Waals surface area contributed by atoms with E-state index in [0.717, 1.165) is 48.3 Å². The zero-order valence-corrected chi connectivity index (χ0v) is 19.8. The Balaban J connectivity index is 1.22. The number of thiazole rings is 1. The molecule has 2 N–H and O–H groups in total. The number of urea groups is 1. The second kappa shape index (κ2) is 8.89. The van der Waals surface area contributed by atoms with Crippen molar-refractivity contribution in [3.63, 3.8) is 0 Å². The summed E-state index contributed by atoms with van der Waals surface area (Å²) in [6.07, 6.45) is 8.93. The molecule has 1 aliphatic heterocycles. The molecule has 1 saturated heterocycles. The summed E-state index contributed by atoms with van der Waals surface area (Å²) in [7, 11) is 0. The van der Waals surface area contributed by atoms with Crippen molar-refractivity contribution in [1.82, 2.24) is 15.2 Å². The van der Waals surface area contributed by atoms with Crippen molar-refractivity contribution >= 4 is 34.3 Å². The van der Waals surface area contributed by atoms with Crippen molar-refractivity contribution in [3.8, 4) is 11.3 Å². The molecule has 2 fully saturated rings. The van der Waals surface area contributed by atoms with Gasteiger partial charge in [-0.3, -0.25) is 14.5 Å². The van der Waals surface area contributed by atoms with Crippen LogP contribution in [0.1, 0.15) is 63.0 Å². The number of aromatic nitrogens is 1. The van der Waals surface area contributed by atoms with Gasteiger partial charge in [0, 0.05) is 10.9 Å². The Kier molecular flexibility index (Phi) is 5.95. The van der Waals surface area contributed by atoms with Gasteiger partial charge in [0.15, 0.2) is 5.13 Å². The Morgan fingerprint density at radius 3 is 2.73 bits per heavy atom. The maximum atomic E-state index is 13.0. The standard InChI is InChI=1S/C25H30N4O3S/c1-2-16-9-11-25(12-10-16)22(31)29(24(32)28-25)14-21(30)27-23-26-20(15-33-23)19-8-7-17-5-3-4-6-18(17)13-19/h7-8,13,15-16H,2-6,9-12,14H2,1H3,(H,28,32)(H,26,27,30). The van der Waals surface area contributed by atoms with E-state index in [1.54, 1.807) is 0 Å². The molecule has 0 radical (unpaired) electrons. The molecule has 1 aromatic heterocycles. The maximum absolute atomic E-state index is 13.0. The van der Waals surface area contributed by atoms with E-state index in [0.29, 0.717) is 23.9 Å². The molecule has 33 heavy (non-hydrogen) atoms. The van der Waals surface area contributed by atoms with Gasteiger partial charge in [0.05, 0.1) is 5.69 Å². The summed E-state index contributed by atoms with van der Waals surface area (Å²) >= 11 is 1.35. The van der Waals surface area contributed by atoms with Crippen molar-refractivity contribution in [3.05, 3.63) is 34.7 Å². The van der Waals surface area contributed by atoms with Crippen molar-refractivity contribution in [2.45, 2.75) is 70.3 Å². The first-order chi connectivity index (χ1) is 16.0. The highest BCUT2D eigenvalue weighted by atomic mass is 32.1. The number of carbonyl (C=O) groups is 3. The van der Waals surface area contributed by atoms with E-state index in [1.807, 2.05) is 5.38 Å². The number of fused-ring (bicyclic) bond motifs is 1. The topological polar surface area (TPSA) is 91.4 Å². The van der Waals surface area contributed by atoms with Crippen LogP contribution in [0.15, 0.2) is 23.6 Å². The minimum atomic E-state index is -0.830. The normalized spacial score (nSPS) is 24.6. The number of aryl methyl sites for hydroxylation is 2. The van der Waals surface area contributed by atoms with Gasteiger partial charge in [-0.1, -0.05) is 25.5 Å². The maximum Gasteiger partial charge on any atom is 0.325 e. The zero-order chi connectivity index (χ0) is 23.0. The third-order valence-corrected chi connectivity index (χ3v) is 8.24. The van der Waals surface area contributed by atoms with Gasteiger partial charge in [0.25, 0.3) is 5.91 Å². The SMILES string of the molecule is CCC1CCC2(CC1)NC(=O)N(CC(=O)Nc1nc(-c3ccc4c(c3)CCCC4)cs1)C2=O. The molecule has 7 nitrogen and oxygen atoms in total. The van der Waals surface area contributed by atoms with Gasteiger partial charge in [-0.05, 0) is 74.5 Å². The average molecular weight is 467 g/mol. The molecule has 174 valence electrons. The number of nitrogens with zero attached hydrogens (tertiary/aromatic N) is 2. The molecule has 3 aliphatic rings. The lowest BCUT2D eigenvalue weighted by Gasteiger charge is -2.34. The molecule has 1 spiro atoms. The first-order valence-electron chi connectivity index (χ1n) is 12.0. The van der Waals surface area contributed by atoms with Crippen LogP contribution >= 0.6 is 11.3 Å². The first-order valence-corrected chi connectivity index (χ1v) is 12.9. The summed E-state index contributed by atoms with van der Waals surface area (Å²) in [6.45, 7) is 1.86. The van der Waals surface area contributed by atoms with Crippen molar-refractivity contribution in [1.29, 1.82) is 0 Å². The number of carbonyl (C=O) groups excluding carboxylic acids is 3. The predicted octanol–water partition coefficient (Wildman–Crippen LogP) is 4.52. The number of rotatable bonds is 5. The lowest BCUT2D eigenvalue weighted by atomic mass is 9.75. The fraction of sp³-hybridized carbons (Fsp3) is 0.520. The molecule has 0 atom stereocenters. The lowest BCUT2D eigenvalue weighted by molar-refractivity contribution is -0.135. The van der Waals surface area contributed by atoms with Crippen LogP contribution in [0, 0.1) is 5.92 Å². The molecular weight excluding hydrogens is 436 g/mol. The van der Waals surface area contributed by atoms with Crippen molar-refractivity contribution in [2.75, 3.05) is 11.9 Å². The molecule has 1 aromatic carbocycles. The Labute approximate surface area is 198 Å². The Bertz CT molecular complexity index is 1090. The van der Waals surface area contributed by atoms with Gasteiger partial charge >= 0.3 is 6.03 Å². The molecule has 4 amide bonds. The van der Waals surface area contributed by atoms with Crippen LogP contribution in [0.2, 0.25) is 0 Å². The minimum absolute atomic E-state index is 0.272. The highest BCUT2D eigenvalue weighted by Crippen LogP contribution is 2.37. The molecule has 1 saturated carbocycles. The summed E-state index contributed by atoms with van der Waals surface area (Å²) in [5.41, 5.74) is 3.85. The zero-order valence-electron chi connectivity index (χ0n) is 19.0. The van der Waals surface area contributed by atoms with E-state index in [-0.39, 0.29) is 12.5 Å². The Hall–Kier alpha value is -2.74. The van der Waals surface area contributed by atoms with Gasteiger partial charge in [0.1, 0.15) is 12.1 Å². The van der Waals surface area contributed by atoms with E-state index in [1.165, 1.54) is 35.3 Å². The van der Waals surface area contributed by atoms with Gasteiger partial charge in [-0.25, -0.2) is 9.78 Å².